The molecule has 20 rings (SSSR count). The summed E-state index contributed by atoms with van der Waals surface area (Å²) in [6.07, 6.45) is 8.58. The molecule has 20 saturated heterocycles. The van der Waals surface area contributed by atoms with E-state index in [0.29, 0.717) is 59.3 Å². The van der Waals surface area contributed by atoms with E-state index in [2.05, 4.69) is 70.2 Å². The molecule has 20 heterocycles. The Balaban J connectivity index is 0.000000160. The first-order valence-electron chi connectivity index (χ1n) is 42.0. The second-order valence-electron chi connectivity index (χ2n) is 36.4. The van der Waals surface area contributed by atoms with Crippen LogP contribution in [0.5, 0.6) is 0 Å². The number of carbonyl (C=O) groups is 2. The van der Waals surface area contributed by atoms with Crippen molar-refractivity contribution < 1.29 is 105 Å². The molecule has 0 aromatic rings. The molecule has 0 aromatic heterocycles. The lowest BCUT2D eigenvalue weighted by Gasteiger charge is -2.47. The molecule has 0 amide bonds. The highest BCUT2D eigenvalue weighted by Gasteiger charge is 2.71. The number of carbonyl (C=O) groups excluding carboxylic acids is 2. The lowest BCUT2D eigenvalue weighted by molar-refractivity contribution is -0.292. The Bertz CT molecular complexity index is 3370. The number of aliphatic hydroxyl groups excluding tert-OH is 2. The van der Waals surface area contributed by atoms with Crippen molar-refractivity contribution in [3.63, 3.8) is 0 Å². The largest absolute Gasteiger partial charge is 0.393 e. The van der Waals surface area contributed by atoms with Crippen LogP contribution in [0.1, 0.15) is 181 Å². The number of fused-ring (bicyclic) bond motifs is 12. The molecule has 26 nitrogen and oxygen atoms in total. The van der Waals surface area contributed by atoms with Crippen LogP contribution in [0.15, 0.2) is 53.7 Å². The van der Waals surface area contributed by atoms with Gasteiger partial charge in [-0.05, 0) is 150 Å². The van der Waals surface area contributed by atoms with Gasteiger partial charge >= 0.3 is 0 Å². The summed E-state index contributed by atoms with van der Waals surface area (Å²) in [4.78, 5) is 31.0. The summed E-state index contributed by atoms with van der Waals surface area (Å²) in [7, 11) is 3.66. The standard InChI is InChI=1S/C40H57N3O11.C40H59NO11.C3H9P/c1-19-11-24-5-7-28-20(2)12-26(47-28)9-10-40-17-33-36(53-40)37-38(52-33)39(54-40)35-29(51-37)8-6-25(49-35)13-22(44)14-27-31(16-30(48-24)21(19)3)50-32(34(27)46-4)15-23(45)18-42-43-41;1-19-11-24-5-7-28-20(2)12-26(45-28)9-10-40-17-33-36(51-40)37-38(50-33)39(52-40)35-29(49-37)8-6-25(47-35)13-22(42)14-27-31(16-30(46-24)21(19)3)48-32(34(27)44-4)15-23(43)18-41;1-4(2)3/h19,23-39,45H,2-3,5-18H2,1,4H3;19,23-39,43H,2-3,5-18,41H2,1,4H3;1-3H3/t;19?,23?,24?,25?,26?,27?,28?,29?,30?,31?,32?,33?,34?,35?,36?,37-,38?,39?,40?;/m.0./s1. The smallest absolute Gasteiger partial charge is 0.172 e. The minimum absolute atomic E-state index is 0.0142. The number of rotatable bonds is 9. The molecule has 27 heteroatoms. The normalized spacial score (nSPS) is 50.0. The predicted octanol–water partition coefficient (Wildman–Crippen LogP) is 9.59. The first-order chi connectivity index (χ1) is 52.9. The van der Waals surface area contributed by atoms with Gasteiger partial charge in [-0.15, -0.1) is 7.92 Å². The number of nitrogens with two attached hydrogens (primary N) is 1. The molecule has 0 aliphatic carbocycles. The molecule has 24 bridgehead atoms. The zero-order valence-corrected chi connectivity index (χ0v) is 66.7. The van der Waals surface area contributed by atoms with E-state index in [1.165, 1.54) is 0 Å². The van der Waals surface area contributed by atoms with Crippen molar-refractivity contribution in [2.45, 2.75) is 388 Å². The van der Waals surface area contributed by atoms with Crippen molar-refractivity contribution in [3.8, 4) is 0 Å². The molecule has 0 aromatic carbocycles. The van der Waals surface area contributed by atoms with Crippen molar-refractivity contribution in [3.05, 3.63) is 59.1 Å². The number of azide groups is 1. The SMILES string of the molecule is C=C1CC2CCC34CC5OC6C(O3)C3OC(CCC3O[C@H]6C5O4)CC(=O)CC3C(CC4OC(CCC1O2)CC(C)C4=C)OC(CC(O)CN)C3OC.C=C1CC2CCC34CC5OC6C(OC7CCC(CC(=O)CC8C(CC9OC(CCC1O2)CC(C)C9=C)OC(CC(O)CN=[N+]=[N-])C8OC)OC7C6O3)C5O4.CP(C)C. The van der Waals surface area contributed by atoms with Gasteiger partial charge in [0.2, 0.25) is 0 Å². The predicted molar refractivity (Wildman–Crippen MR) is 402 cm³/mol. The van der Waals surface area contributed by atoms with Crippen molar-refractivity contribution in [2.24, 2.45) is 34.5 Å². The molecule has 38 atom stereocenters. The number of methoxy groups -OCH3 is 2. The highest BCUT2D eigenvalue weighted by Crippen LogP contribution is 2.57. The summed E-state index contributed by atoms with van der Waals surface area (Å²) in [5.41, 5.74) is 19.0. The molecule has 110 heavy (non-hydrogen) atoms. The third-order valence-corrected chi connectivity index (χ3v) is 28.0. The molecule has 2 spiro atoms. The number of hydrogen-bond donors (Lipinski definition) is 3. The van der Waals surface area contributed by atoms with E-state index in [1.807, 2.05) is 0 Å². The lowest BCUT2D eigenvalue weighted by atomic mass is 9.81. The molecule has 0 saturated carbocycles. The van der Waals surface area contributed by atoms with Gasteiger partial charge in [0.05, 0.1) is 141 Å². The average Bonchev–Trinajstić information content (AvgIpc) is 1.55. The van der Waals surface area contributed by atoms with Gasteiger partial charge in [0, 0.05) is 115 Å². The number of nitrogens with zero attached hydrogens (tertiary/aromatic N) is 3. The van der Waals surface area contributed by atoms with E-state index in [-0.39, 0.29) is 245 Å². The van der Waals surface area contributed by atoms with Crippen LogP contribution in [0.2, 0.25) is 0 Å². The van der Waals surface area contributed by atoms with Crippen molar-refractivity contribution in [1.82, 2.24) is 0 Å². The number of aliphatic hydroxyl groups is 2. The van der Waals surface area contributed by atoms with Gasteiger partial charge in [-0.2, -0.15) is 0 Å². The van der Waals surface area contributed by atoms with Crippen molar-refractivity contribution in [2.75, 3.05) is 47.3 Å². The van der Waals surface area contributed by atoms with E-state index < -0.39 is 42.1 Å². The Morgan fingerprint density at radius 2 is 0.864 bits per heavy atom. The Labute approximate surface area is 650 Å². The van der Waals surface area contributed by atoms with E-state index >= 15 is 0 Å². The van der Waals surface area contributed by atoms with Crippen LogP contribution in [0.3, 0.4) is 0 Å². The highest BCUT2D eigenvalue weighted by molar-refractivity contribution is 7.55. The topological polar surface area (TPSA) is 316 Å². The molecule has 20 aliphatic heterocycles. The molecule has 20 fully saturated rings. The zero-order chi connectivity index (χ0) is 76.8. The van der Waals surface area contributed by atoms with E-state index in [1.54, 1.807) is 14.2 Å². The fraction of sp³-hybridized carbons (Fsp3) is 0.880. The van der Waals surface area contributed by atoms with Crippen LogP contribution in [0, 0.1) is 23.7 Å². The lowest BCUT2D eigenvalue weighted by Crippen LogP contribution is -2.61. The first kappa shape index (κ1) is 81.0. The zero-order valence-electron chi connectivity index (χ0n) is 65.8. The number of ether oxygens (including phenoxy) is 18. The Kier molecular flexibility index (Phi) is 25.0. The van der Waals surface area contributed by atoms with Crippen LogP contribution in [0.4, 0.5) is 0 Å². The summed E-state index contributed by atoms with van der Waals surface area (Å²) in [6, 6.07) is 0. The third kappa shape index (κ3) is 16.7. The molecule has 20 aliphatic rings. The van der Waals surface area contributed by atoms with Crippen LogP contribution >= 0.6 is 7.92 Å². The maximum Gasteiger partial charge on any atom is 0.172 e. The van der Waals surface area contributed by atoms with Gasteiger partial charge in [-0.25, -0.2) is 0 Å². The Hall–Kier alpha value is -2.80. The van der Waals surface area contributed by atoms with Gasteiger partial charge in [-0.1, -0.05) is 45.3 Å². The van der Waals surface area contributed by atoms with Crippen molar-refractivity contribution in [1.29, 1.82) is 0 Å². The maximum atomic E-state index is 14.1. The monoisotopic (exact) mass is 1560 g/mol. The van der Waals surface area contributed by atoms with E-state index in [4.69, 9.17) is 96.5 Å². The van der Waals surface area contributed by atoms with Gasteiger partial charge in [0.1, 0.15) is 72.6 Å². The maximum absolute atomic E-state index is 14.1. The fourth-order valence-corrected chi connectivity index (χ4v) is 22.7. The van der Waals surface area contributed by atoms with Crippen LogP contribution in [-0.2, 0) is 94.9 Å². The molecular weight excluding hydrogens is 1440 g/mol. The quantitative estimate of drug-likeness (QED) is 0.0636. The minimum atomic E-state index is -0.908. The second kappa shape index (κ2) is 33.9. The number of ketones is 2. The van der Waals surface area contributed by atoms with Gasteiger partial charge < -0.3 is 101 Å². The number of hydrogen-bond acceptors (Lipinski definition) is 24. The second-order valence-corrected chi connectivity index (χ2v) is 39.1. The molecular formula is C83H125N4O22P. The van der Waals surface area contributed by atoms with Crippen LogP contribution in [0.25, 0.3) is 10.4 Å². The summed E-state index contributed by atoms with van der Waals surface area (Å²) in [6.45, 7) is 29.0. The van der Waals surface area contributed by atoms with Crippen LogP contribution < -0.4 is 5.73 Å². The summed E-state index contributed by atoms with van der Waals surface area (Å²) >= 11 is 0. The molecule has 614 valence electrons. The van der Waals surface area contributed by atoms with Crippen LogP contribution in [-0.4, -0.2) is 276 Å². The summed E-state index contributed by atoms with van der Waals surface area (Å²) in [5.74, 6) is -1.39. The fourth-order valence-electron chi connectivity index (χ4n) is 22.7. The first-order valence-corrected chi connectivity index (χ1v) is 44.7. The summed E-state index contributed by atoms with van der Waals surface area (Å²) < 4.78 is 120. The molecule has 0 radical (unpaired) electrons. The number of Topliss-reactive ketones (excluding diaryl/α,β-unsaturated/α-hetero) is 2. The van der Waals surface area contributed by atoms with Crippen molar-refractivity contribution >= 4 is 19.5 Å². The summed E-state index contributed by atoms with van der Waals surface area (Å²) in [5, 5.41) is 24.8. The van der Waals surface area contributed by atoms with E-state index in [0.717, 1.165) is 106 Å². The van der Waals surface area contributed by atoms with Gasteiger partial charge in [0.25, 0.3) is 0 Å². The minimum Gasteiger partial charge on any atom is -0.393 e. The Morgan fingerprint density at radius 3 is 1.29 bits per heavy atom. The highest BCUT2D eigenvalue weighted by atomic mass is 31.1. The Morgan fingerprint density at radius 1 is 0.473 bits per heavy atom. The van der Waals surface area contributed by atoms with Gasteiger partial charge in [0.15, 0.2) is 11.6 Å². The van der Waals surface area contributed by atoms with Gasteiger partial charge in [-0.3, -0.25) is 9.59 Å². The molecule has 4 N–H and O–H groups in total. The molecule has 37 unspecified atom stereocenters. The third-order valence-electron chi connectivity index (χ3n) is 28.0. The van der Waals surface area contributed by atoms with E-state index in [9.17, 15) is 19.8 Å². The average molecular weight is 1560 g/mol.